The number of hydrogen-bond donors (Lipinski definition) is 1. The Morgan fingerprint density at radius 3 is 2.95 bits per heavy atom. The highest BCUT2D eigenvalue weighted by Gasteiger charge is 2.31. The molecular formula is C17H22N2O2. The highest BCUT2D eigenvalue weighted by atomic mass is 16.3. The van der Waals surface area contributed by atoms with Crippen LogP contribution in [0.3, 0.4) is 0 Å². The molecule has 4 nitrogen and oxygen atoms in total. The number of fused-ring (bicyclic) bond motifs is 1. The van der Waals surface area contributed by atoms with Crippen molar-refractivity contribution in [2.45, 2.75) is 32.2 Å². The quantitative estimate of drug-likeness (QED) is 0.943. The fraction of sp³-hybridized carbons (Fsp3) is 0.471. The van der Waals surface area contributed by atoms with Crippen molar-refractivity contribution >= 4 is 16.9 Å². The third-order valence-electron chi connectivity index (χ3n) is 4.57. The molecule has 1 aliphatic heterocycles. The number of nitrogens with zero attached hydrogens (tertiary/aromatic N) is 1. The SMILES string of the molecule is CCC1CCN(C(=O)c2cc3ccccc3o2)C(CN)C1. The zero-order valence-electron chi connectivity index (χ0n) is 12.4. The summed E-state index contributed by atoms with van der Waals surface area (Å²) in [5.41, 5.74) is 6.64. The number of para-hydroxylation sites is 1. The first-order chi connectivity index (χ1) is 10.2. The van der Waals surface area contributed by atoms with Crippen molar-refractivity contribution in [2.24, 2.45) is 11.7 Å². The summed E-state index contributed by atoms with van der Waals surface area (Å²) in [6.07, 6.45) is 3.21. The maximum atomic E-state index is 12.7. The fourth-order valence-electron chi connectivity index (χ4n) is 3.22. The van der Waals surface area contributed by atoms with Crippen LogP contribution in [0.5, 0.6) is 0 Å². The maximum Gasteiger partial charge on any atom is 0.289 e. The summed E-state index contributed by atoms with van der Waals surface area (Å²) in [7, 11) is 0. The molecule has 4 heteroatoms. The molecule has 1 aliphatic rings. The van der Waals surface area contributed by atoms with Gasteiger partial charge in [-0.1, -0.05) is 31.5 Å². The number of carbonyl (C=O) groups is 1. The predicted molar refractivity (Wildman–Crippen MR) is 83.1 cm³/mol. The van der Waals surface area contributed by atoms with E-state index < -0.39 is 0 Å². The summed E-state index contributed by atoms with van der Waals surface area (Å²) < 4.78 is 5.70. The van der Waals surface area contributed by atoms with Gasteiger partial charge in [-0.15, -0.1) is 0 Å². The molecule has 3 rings (SSSR count). The van der Waals surface area contributed by atoms with Crippen LogP contribution < -0.4 is 5.73 Å². The predicted octanol–water partition coefficient (Wildman–Crippen LogP) is 3.02. The molecule has 2 aromatic rings. The minimum Gasteiger partial charge on any atom is -0.451 e. The van der Waals surface area contributed by atoms with Crippen LogP contribution in [-0.2, 0) is 0 Å². The Kier molecular flexibility index (Phi) is 3.97. The molecule has 1 amide bonds. The second-order valence-electron chi connectivity index (χ2n) is 5.84. The molecule has 2 atom stereocenters. The molecule has 2 unspecified atom stereocenters. The zero-order chi connectivity index (χ0) is 14.8. The second-order valence-corrected chi connectivity index (χ2v) is 5.84. The Bertz CT molecular complexity index is 602. The summed E-state index contributed by atoms with van der Waals surface area (Å²) in [6.45, 7) is 3.49. The van der Waals surface area contributed by atoms with Crippen molar-refractivity contribution in [1.29, 1.82) is 0 Å². The largest absolute Gasteiger partial charge is 0.451 e. The number of likely N-dealkylation sites (tertiary alicyclic amines) is 1. The van der Waals surface area contributed by atoms with Gasteiger partial charge < -0.3 is 15.1 Å². The normalized spacial score (nSPS) is 22.7. The third kappa shape index (κ3) is 2.68. The molecule has 0 bridgehead atoms. The van der Waals surface area contributed by atoms with Crippen LogP contribution in [0.1, 0.15) is 36.7 Å². The number of rotatable bonds is 3. The van der Waals surface area contributed by atoms with Crippen LogP contribution >= 0.6 is 0 Å². The highest BCUT2D eigenvalue weighted by Crippen LogP contribution is 2.27. The minimum absolute atomic E-state index is 0.0313. The Hall–Kier alpha value is -1.81. The summed E-state index contributed by atoms with van der Waals surface area (Å²) >= 11 is 0. The van der Waals surface area contributed by atoms with Gasteiger partial charge in [-0.3, -0.25) is 4.79 Å². The first-order valence-corrected chi connectivity index (χ1v) is 7.72. The average molecular weight is 286 g/mol. The van der Waals surface area contributed by atoms with E-state index in [9.17, 15) is 4.79 Å². The Morgan fingerprint density at radius 2 is 2.24 bits per heavy atom. The van der Waals surface area contributed by atoms with Crippen molar-refractivity contribution < 1.29 is 9.21 Å². The van der Waals surface area contributed by atoms with Crippen LogP contribution in [0.15, 0.2) is 34.7 Å². The molecule has 1 saturated heterocycles. The summed E-state index contributed by atoms with van der Waals surface area (Å²) in [4.78, 5) is 14.6. The van der Waals surface area contributed by atoms with Gasteiger partial charge in [0.15, 0.2) is 5.76 Å². The second kappa shape index (κ2) is 5.90. The standard InChI is InChI=1S/C17H22N2O2/c1-2-12-7-8-19(14(9-12)11-18)17(20)16-10-13-5-3-4-6-15(13)21-16/h3-6,10,12,14H,2,7-9,11,18H2,1H3. The van der Waals surface area contributed by atoms with Crippen LogP contribution in [0.4, 0.5) is 0 Å². The van der Waals surface area contributed by atoms with Gasteiger partial charge in [0.05, 0.1) is 0 Å². The van der Waals surface area contributed by atoms with Gasteiger partial charge in [0, 0.05) is 24.5 Å². The zero-order valence-corrected chi connectivity index (χ0v) is 12.4. The van der Waals surface area contributed by atoms with E-state index in [1.807, 2.05) is 35.2 Å². The molecule has 1 aromatic carbocycles. The lowest BCUT2D eigenvalue weighted by atomic mass is 9.88. The molecule has 112 valence electrons. The van der Waals surface area contributed by atoms with Gasteiger partial charge in [0.25, 0.3) is 5.91 Å². The van der Waals surface area contributed by atoms with Gasteiger partial charge in [-0.2, -0.15) is 0 Å². The summed E-state index contributed by atoms with van der Waals surface area (Å²) in [5, 5.41) is 0.966. The highest BCUT2D eigenvalue weighted by molar-refractivity contribution is 5.96. The van der Waals surface area contributed by atoms with Gasteiger partial charge >= 0.3 is 0 Å². The van der Waals surface area contributed by atoms with Crippen molar-refractivity contribution in [3.8, 4) is 0 Å². The van der Waals surface area contributed by atoms with E-state index in [-0.39, 0.29) is 11.9 Å². The van der Waals surface area contributed by atoms with E-state index in [2.05, 4.69) is 6.92 Å². The molecule has 0 saturated carbocycles. The fourth-order valence-corrected chi connectivity index (χ4v) is 3.22. The molecule has 0 radical (unpaired) electrons. The molecule has 1 fully saturated rings. The minimum atomic E-state index is -0.0313. The Labute approximate surface area is 124 Å². The van der Waals surface area contributed by atoms with E-state index in [0.29, 0.717) is 18.2 Å². The number of furan rings is 1. The van der Waals surface area contributed by atoms with Crippen molar-refractivity contribution in [2.75, 3.05) is 13.1 Å². The monoisotopic (exact) mass is 286 g/mol. The maximum absolute atomic E-state index is 12.7. The van der Waals surface area contributed by atoms with Crippen LogP contribution in [0.2, 0.25) is 0 Å². The smallest absolute Gasteiger partial charge is 0.289 e. The lowest BCUT2D eigenvalue weighted by Gasteiger charge is -2.38. The molecule has 1 aromatic heterocycles. The number of nitrogens with two attached hydrogens (primary N) is 1. The van der Waals surface area contributed by atoms with Crippen molar-refractivity contribution in [1.82, 2.24) is 4.90 Å². The lowest BCUT2D eigenvalue weighted by molar-refractivity contribution is 0.0529. The summed E-state index contributed by atoms with van der Waals surface area (Å²) in [5.74, 6) is 1.07. The molecule has 0 spiro atoms. The van der Waals surface area contributed by atoms with Crippen molar-refractivity contribution in [3.63, 3.8) is 0 Å². The van der Waals surface area contributed by atoms with Crippen molar-refractivity contribution in [3.05, 3.63) is 36.1 Å². The average Bonchev–Trinajstić information content (AvgIpc) is 2.97. The topological polar surface area (TPSA) is 59.5 Å². The summed E-state index contributed by atoms with van der Waals surface area (Å²) in [6, 6.07) is 9.66. The Morgan fingerprint density at radius 1 is 1.43 bits per heavy atom. The van der Waals surface area contributed by atoms with E-state index in [1.54, 1.807) is 0 Å². The molecule has 2 heterocycles. The first-order valence-electron chi connectivity index (χ1n) is 7.72. The lowest BCUT2D eigenvalue weighted by Crippen LogP contribution is -2.49. The molecule has 21 heavy (non-hydrogen) atoms. The van der Waals surface area contributed by atoms with Gasteiger partial charge in [-0.05, 0) is 30.9 Å². The number of benzene rings is 1. The van der Waals surface area contributed by atoms with Gasteiger partial charge in [-0.25, -0.2) is 0 Å². The third-order valence-corrected chi connectivity index (χ3v) is 4.57. The van der Waals surface area contributed by atoms with Crippen LogP contribution in [0.25, 0.3) is 11.0 Å². The Balaban J connectivity index is 1.83. The number of carbonyl (C=O) groups excluding carboxylic acids is 1. The van der Waals surface area contributed by atoms with Gasteiger partial charge in [0.1, 0.15) is 5.58 Å². The molecule has 0 aliphatic carbocycles. The first kappa shape index (κ1) is 14.1. The van der Waals surface area contributed by atoms with E-state index in [1.165, 1.54) is 0 Å². The molecule has 2 N–H and O–H groups in total. The van der Waals surface area contributed by atoms with Gasteiger partial charge in [0.2, 0.25) is 0 Å². The molecular weight excluding hydrogens is 264 g/mol. The number of amides is 1. The van der Waals surface area contributed by atoms with E-state index in [0.717, 1.165) is 36.8 Å². The van der Waals surface area contributed by atoms with Crippen LogP contribution in [0, 0.1) is 5.92 Å². The van der Waals surface area contributed by atoms with Crippen LogP contribution in [-0.4, -0.2) is 29.9 Å². The number of hydrogen-bond acceptors (Lipinski definition) is 3. The van der Waals surface area contributed by atoms with E-state index >= 15 is 0 Å². The number of piperidine rings is 1. The van der Waals surface area contributed by atoms with E-state index in [4.69, 9.17) is 10.2 Å².